The van der Waals surface area contributed by atoms with Crippen molar-refractivity contribution < 1.29 is 4.79 Å². The zero-order chi connectivity index (χ0) is 30.2. The minimum absolute atomic E-state index is 0.118. The summed E-state index contributed by atoms with van der Waals surface area (Å²) in [4.78, 5) is 22.1. The highest BCUT2D eigenvalue weighted by Crippen LogP contribution is 2.15. The Morgan fingerprint density at radius 3 is 2.37 bits per heavy atom. The number of allylic oxidation sites excluding steroid dienone is 2. The molecule has 0 aromatic heterocycles. The third-order valence-electron chi connectivity index (χ3n) is 6.58. The number of nitrogens with zero attached hydrogens (tertiary/aromatic N) is 4. The highest BCUT2D eigenvalue weighted by molar-refractivity contribution is 6.25. The van der Waals surface area contributed by atoms with Crippen molar-refractivity contribution >= 4 is 29.2 Å². The average Bonchev–Trinajstić information content (AvgIpc) is 2.92. The second-order valence-electron chi connectivity index (χ2n) is 10.3. The van der Waals surface area contributed by atoms with Gasteiger partial charge in [-0.25, -0.2) is 15.8 Å². The molecular formula is C29H47ClN10O. The fourth-order valence-electron chi connectivity index (χ4n) is 4.43. The number of amidine groups is 1. The van der Waals surface area contributed by atoms with Crippen LogP contribution in [0.3, 0.4) is 0 Å². The van der Waals surface area contributed by atoms with Gasteiger partial charge in [-0.05, 0) is 50.2 Å². The fourth-order valence-corrected chi connectivity index (χ4v) is 4.48. The van der Waals surface area contributed by atoms with Crippen LogP contribution in [0.5, 0.6) is 0 Å². The van der Waals surface area contributed by atoms with Crippen LogP contribution >= 0.6 is 11.6 Å². The monoisotopic (exact) mass is 586 g/mol. The van der Waals surface area contributed by atoms with Gasteiger partial charge in [0.1, 0.15) is 17.4 Å². The van der Waals surface area contributed by atoms with Crippen LogP contribution in [0, 0.1) is 0 Å². The number of hydrazine groups is 1. The van der Waals surface area contributed by atoms with E-state index in [1.165, 1.54) is 16.7 Å². The third-order valence-corrected chi connectivity index (χ3v) is 6.80. The minimum Gasteiger partial charge on any atom is -0.401 e. The van der Waals surface area contributed by atoms with E-state index >= 15 is 0 Å². The molecule has 11 N–H and O–H groups in total. The number of nitrogens with one attached hydrogen (secondary N) is 1. The second-order valence-corrected chi connectivity index (χ2v) is 10.5. The minimum atomic E-state index is 0.118. The number of hydrogen-bond acceptors (Lipinski definition) is 8. The van der Waals surface area contributed by atoms with Gasteiger partial charge in [-0.1, -0.05) is 48.9 Å². The first-order valence-corrected chi connectivity index (χ1v) is 14.5. The number of rotatable bonds is 15. The topological polar surface area (TPSA) is 190 Å². The summed E-state index contributed by atoms with van der Waals surface area (Å²) >= 11 is 5.55. The molecule has 2 rings (SSSR count). The number of ketones is 1. The number of nitrogens with two attached hydrogens (primary N) is 5. The van der Waals surface area contributed by atoms with Crippen molar-refractivity contribution in [3.63, 3.8) is 0 Å². The molecule has 1 aromatic rings. The van der Waals surface area contributed by atoms with E-state index in [9.17, 15) is 4.79 Å². The maximum Gasteiger partial charge on any atom is 0.193 e. The largest absolute Gasteiger partial charge is 0.401 e. The maximum atomic E-state index is 11.1. The molecule has 12 heteroatoms. The summed E-state index contributed by atoms with van der Waals surface area (Å²) in [6.45, 7) is 7.05. The van der Waals surface area contributed by atoms with E-state index in [0.29, 0.717) is 43.3 Å². The van der Waals surface area contributed by atoms with Gasteiger partial charge in [0, 0.05) is 68.2 Å². The highest BCUT2D eigenvalue weighted by atomic mass is 35.5. The van der Waals surface area contributed by atoms with E-state index in [1.807, 2.05) is 13.0 Å². The van der Waals surface area contributed by atoms with Crippen molar-refractivity contribution in [3.8, 4) is 0 Å². The Labute approximate surface area is 249 Å². The van der Waals surface area contributed by atoms with E-state index in [4.69, 9.17) is 40.4 Å². The van der Waals surface area contributed by atoms with E-state index in [2.05, 4.69) is 44.5 Å². The number of hydrogen-bond donors (Lipinski definition) is 6. The summed E-state index contributed by atoms with van der Waals surface area (Å²) in [5.41, 5.74) is 28.7. The lowest BCUT2D eigenvalue weighted by molar-refractivity contribution is -0.116. The fraction of sp³-hybridized carbons (Fsp3) is 0.483. The van der Waals surface area contributed by atoms with Crippen LogP contribution in [-0.2, 0) is 17.8 Å². The zero-order valence-corrected chi connectivity index (χ0v) is 25.1. The third kappa shape index (κ3) is 14.1. The first-order chi connectivity index (χ1) is 19.6. The Bertz CT molecular complexity index is 1120. The van der Waals surface area contributed by atoms with Gasteiger partial charge in [0.05, 0.1) is 0 Å². The summed E-state index contributed by atoms with van der Waals surface area (Å²) in [6, 6.07) is 8.91. The zero-order valence-electron chi connectivity index (χ0n) is 24.4. The van der Waals surface area contributed by atoms with E-state index in [-0.39, 0.29) is 17.6 Å². The molecule has 0 aliphatic carbocycles. The van der Waals surface area contributed by atoms with Gasteiger partial charge in [0.25, 0.3) is 0 Å². The quantitative estimate of drug-likeness (QED) is 0.0775. The smallest absolute Gasteiger partial charge is 0.193 e. The molecule has 1 fully saturated rings. The van der Waals surface area contributed by atoms with Gasteiger partial charge >= 0.3 is 0 Å². The Hall–Kier alpha value is -3.54. The Morgan fingerprint density at radius 2 is 1.76 bits per heavy atom. The lowest BCUT2D eigenvalue weighted by Gasteiger charge is -2.32. The number of halogens is 1. The van der Waals surface area contributed by atoms with Crippen LogP contribution in [0.1, 0.15) is 63.5 Å². The van der Waals surface area contributed by atoms with Gasteiger partial charge in [-0.2, -0.15) is 0 Å². The summed E-state index contributed by atoms with van der Waals surface area (Å²) in [6.07, 6.45) is 8.50. The normalized spacial score (nSPS) is 16.6. The van der Waals surface area contributed by atoms with Gasteiger partial charge in [-0.15, -0.1) is 0 Å². The van der Waals surface area contributed by atoms with Crippen molar-refractivity contribution in [2.24, 2.45) is 38.8 Å². The maximum absolute atomic E-state index is 11.1. The number of carbonyl (C=O) groups excluding carboxylic acids is 1. The highest BCUT2D eigenvalue weighted by Gasteiger charge is 2.19. The van der Waals surface area contributed by atoms with Crippen molar-refractivity contribution in [2.75, 3.05) is 19.6 Å². The number of Topliss-reactive ketones (excluding diaryl/α,β-unsaturated/α-hetero) is 1. The van der Waals surface area contributed by atoms with Gasteiger partial charge in [0.2, 0.25) is 0 Å². The van der Waals surface area contributed by atoms with Crippen LogP contribution in [0.4, 0.5) is 0 Å². The van der Waals surface area contributed by atoms with Gasteiger partial charge < -0.3 is 38.1 Å². The molecule has 226 valence electrons. The average molecular weight is 587 g/mol. The van der Waals surface area contributed by atoms with Crippen LogP contribution in [-0.4, -0.2) is 53.2 Å². The molecule has 1 aliphatic heterocycles. The molecule has 1 heterocycles. The summed E-state index contributed by atoms with van der Waals surface area (Å²) in [7, 11) is 0. The number of likely N-dealkylation sites (tertiary alicyclic amines) is 1. The van der Waals surface area contributed by atoms with Crippen LogP contribution in [0.2, 0.25) is 0 Å². The first kappa shape index (κ1) is 33.7. The number of aliphatic imine (C=N–C) groups is 2. The molecule has 1 saturated heterocycles. The Balaban J connectivity index is 1.78. The van der Waals surface area contributed by atoms with Crippen molar-refractivity contribution in [1.29, 1.82) is 0 Å². The number of benzene rings is 1. The predicted octanol–water partition coefficient (Wildman–Crippen LogP) is 2.48. The van der Waals surface area contributed by atoms with Gasteiger partial charge in [-0.3, -0.25) is 4.90 Å². The SMILES string of the molecule is CC/C=C(C/C(N)=N\C(N)=C\Cl)/N=C(\N)NC1CCN(Cc2ccc(CCN(N)/C=C(\N)CCC(C)=O)cc2)CC1. The summed E-state index contributed by atoms with van der Waals surface area (Å²) in [5.74, 6) is 7.00. The number of guanidine groups is 1. The van der Waals surface area contributed by atoms with E-state index < -0.39 is 0 Å². The van der Waals surface area contributed by atoms with Crippen molar-refractivity contribution in [3.05, 3.63) is 70.4 Å². The van der Waals surface area contributed by atoms with Crippen molar-refractivity contribution in [2.45, 2.75) is 71.4 Å². The molecular weight excluding hydrogens is 540 g/mol. The second kappa shape index (κ2) is 18.0. The Morgan fingerprint density at radius 1 is 1.10 bits per heavy atom. The molecule has 0 unspecified atom stereocenters. The lowest BCUT2D eigenvalue weighted by atomic mass is 10.0. The predicted molar refractivity (Wildman–Crippen MR) is 169 cm³/mol. The number of piperidine rings is 1. The van der Waals surface area contributed by atoms with Gasteiger partial charge in [0.15, 0.2) is 5.96 Å². The van der Waals surface area contributed by atoms with Crippen LogP contribution in [0.25, 0.3) is 0 Å². The first-order valence-electron chi connectivity index (χ1n) is 14.0. The molecule has 0 bridgehead atoms. The van der Waals surface area contributed by atoms with E-state index in [0.717, 1.165) is 51.0 Å². The van der Waals surface area contributed by atoms with Crippen LogP contribution in [0.15, 0.2) is 69.3 Å². The summed E-state index contributed by atoms with van der Waals surface area (Å²) in [5, 5.41) is 4.94. The molecule has 0 amide bonds. The molecule has 41 heavy (non-hydrogen) atoms. The summed E-state index contributed by atoms with van der Waals surface area (Å²) < 4.78 is 0. The van der Waals surface area contributed by atoms with E-state index in [1.54, 1.807) is 18.1 Å². The van der Waals surface area contributed by atoms with Crippen LogP contribution < -0.4 is 34.1 Å². The molecule has 1 aromatic carbocycles. The Kier molecular flexibility index (Phi) is 14.8. The molecule has 11 nitrogen and oxygen atoms in total. The molecule has 1 aliphatic rings. The molecule has 0 spiro atoms. The molecule has 0 radical (unpaired) electrons. The van der Waals surface area contributed by atoms with Crippen molar-refractivity contribution in [1.82, 2.24) is 15.2 Å². The molecule has 0 atom stereocenters. The lowest BCUT2D eigenvalue weighted by Crippen LogP contribution is -2.46. The number of carbonyl (C=O) groups is 1. The standard InChI is InChI=1S/C29H47ClN10O/c1-3-4-26(17-27(32)38-28(33)18-30)37-29(34)36-25-12-14-39(15-13-25)19-23-8-6-22(7-9-23)11-16-40(35)20-24(31)10-5-21(2)41/h4,6-9,18,20,25H,3,5,10-17,19,31,33,35H2,1-2H3,(H2,32,38)(H3,34,36,37)/b24-20-,26-4+,28-18+. The molecule has 0 saturated carbocycles.